The standard InChI is InChI=1S/C17H32N4/c1-5-9-21(12-16-10-15(3)19-20(16)4)17(13-18)8-6-7-14(2)11-17/h10,14H,5-9,11-13,18H2,1-4H3. The van der Waals surface area contributed by atoms with Gasteiger partial charge in [-0.1, -0.05) is 26.7 Å². The zero-order valence-electron chi connectivity index (χ0n) is 14.2. The monoisotopic (exact) mass is 292 g/mol. The van der Waals surface area contributed by atoms with Crippen LogP contribution in [0, 0.1) is 12.8 Å². The Labute approximate surface area is 129 Å². The first-order chi connectivity index (χ1) is 10.0. The van der Waals surface area contributed by atoms with Gasteiger partial charge in [-0.05, 0) is 44.7 Å². The number of hydrogen-bond donors (Lipinski definition) is 1. The van der Waals surface area contributed by atoms with Crippen molar-refractivity contribution in [2.75, 3.05) is 13.1 Å². The fourth-order valence-corrected chi connectivity index (χ4v) is 4.00. The molecule has 21 heavy (non-hydrogen) atoms. The average Bonchev–Trinajstić information content (AvgIpc) is 2.76. The zero-order valence-corrected chi connectivity index (χ0v) is 14.2. The molecule has 0 saturated heterocycles. The molecule has 4 nitrogen and oxygen atoms in total. The van der Waals surface area contributed by atoms with E-state index in [1.54, 1.807) is 0 Å². The third-order valence-corrected chi connectivity index (χ3v) is 5.06. The summed E-state index contributed by atoms with van der Waals surface area (Å²) in [6.07, 6.45) is 6.31. The topological polar surface area (TPSA) is 47.1 Å². The summed E-state index contributed by atoms with van der Waals surface area (Å²) in [6, 6.07) is 2.21. The van der Waals surface area contributed by atoms with Crippen LogP contribution in [0.15, 0.2) is 6.07 Å². The first kappa shape index (κ1) is 16.5. The first-order valence-electron chi connectivity index (χ1n) is 8.45. The van der Waals surface area contributed by atoms with Crippen molar-refractivity contribution in [1.29, 1.82) is 0 Å². The Morgan fingerprint density at radius 3 is 2.81 bits per heavy atom. The summed E-state index contributed by atoms with van der Waals surface area (Å²) in [7, 11) is 2.05. The maximum atomic E-state index is 6.26. The lowest BCUT2D eigenvalue weighted by Crippen LogP contribution is -2.56. The summed E-state index contributed by atoms with van der Waals surface area (Å²) in [5.41, 5.74) is 8.85. The van der Waals surface area contributed by atoms with Crippen molar-refractivity contribution < 1.29 is 0 Å². The summed E-state index contributed by atoms with van der Waals surface area (Å²) < 4.78 is 2.02. The Kier molecular flexibility index (Phi) is 5.44. The van der Waals surface area contributed by atoms with E-state index in [1.165, 1.54) is 37.8 Å². The van der Waals surface area contributed by atoms with Gasteiger partial charge in [0.1, 0.15) is 0 Å². The van der Waals surface area contributed by atoms with Crippen LogP contribution in [-0.4, -0.2) is 33.3 Å². The molecule has 1 aliphatic carbocycles. The van der Waals surface area contributed by atoms with Crippen molar-refractivity contribution in [3.63, 3.8) is 0 Å². The molecule has 1 aromatic rings. The number of rotatable bonds is 6. The molecule has 2 unspecified atom stereocenters. The Balaban J connectivity index is 2.21. The summed E-state index contributed by atoms with van der Waals surface area (Å²) >= 11 is 0. The van der Waals surface area contributed by atoms with Crippen LogP contribution in [-0.2, 0) is 13.6 Å². The van der Waals surface area contributed by atoms with E-state index < -0.39 is 0 Å². The van der Waals surface area contributed by atoms with E-state index in [2.05, 4.69) is 36.8 Å². The second kappa shape index (κ2) is 6.93. The molecule has 0 spiro atoms. The van der Waals surface area contributed by atoms with Gasteiger partial charge in [0.25, 0.3) is 0 Å². The molecule has 1 fully saturated rings. The van der Waals surface area contributed by atoms with Crippen molar-refractivity contribution in [2.45, 2.75) is 65.0 Å². The van der Waals surface area contributed by atoms with Gasteiger partial charge in [0.2, 0.25) is 0 Å². The smallest absolute Gasteiger partial charge is 0.0597 e. The van der Waals surface area contributed by atoms with E-state index in [0.29, 0.717) is 0 Å². The van der Waals surface area contributed by atoms with Crippen LogP contribution in [0.1, 0.15) is 57.3 Å². The van der Waals surface area contributed by atoms with Gasteiger partial charge in [-0.25, -0.2) is 0 Å². The second-order valence-corrected chi connectivity index (χ2v) is 6.95. The van der Waals surface area contributed by atoms with Gasteiger partial charge in [-0.2, -0.15) is 5.10 Å². The molecule has 1 heterocycles. The second-order valence-electron chi connectivity index (χ2n) is 6.95. The number of hydrogen-bond acceptors (Lipinski definition) is 3. The highest BCUT2D eigenvalue weighted by atomic mass is 15.3. The van der Waals surface area contributed by atoms with Gasteiger partial charge in [-0.3, -0.25) is 9.58 Å². The molecule has 0 aliphatic heterocycles. The molecule has 2 rings (SSSR count). The molecule has 0 amide bonds. The highest BCUT2D eigenvalue weighted by Crippen LogP contribution is 2.37. The van der Waals surface area contributed by atoms with Crippen molar-refractivity contribution in [3.8, 4) is 0 Å². The molecule has 0 aromatic carbocycles. The van der Waals surface area contributed by atoms with Crippen LogP contribution in [0.3, 0.4) is 0 Å². The quantitative estimate of drug-likeness (QED) is 0.877. The van der Waals surface area contributed by atoms with Crippen molar-refractivity contribution >= 4 is 0 Å². The molecule has 0 radical (unpaired) electrons. The fraction of sp³-hybridized carbons (Fsp3) is 0.824. The van der Waals surface area contributed by atoms with Crippen LogP contribution in [0.2, 0.25) is 0 Å². The first-order valence-corrected chi connectivity index (χ1v) is 8.45. The highest BCUT2D eigenvalue weighted by Gasteiger charge is 2.38. The Bertz CT molecular complexity index is 454. The molecular weight excluding hydrogens is 260 g/mol. The third kappa shape index (κ3) is 3.67. The molecule has 0 bridgehead atoms. The van der Waals surface area contributed by atoms with Crippen molar-refractivity contribution in [1.82, 2.24) is 14.7 Å². The van der Waals surface area contributed by atoms with Crippen LogP contribution in [0.4, 0.5) is 0 Å². The van der Waals surface area contributed by atoms with Gasteiger partial charge >= 0.3 is 0 Å². The van der Waals surface area contributed by atoms with Gasteiger partial charge in [0, 0.05) is 25.7 Å². The molecule has 1 saturated carbocycles. The normalized spacial score (nSPS) is 26.5. The fourth-order valence-electron chi connectivity index (χ4n) is 4.00. The Morgan fingerprint density at radius 2 is 2.29 bits per heavy atom. The maximum absolute atomic E-state index is 6.26. The van der Waals surface area contributed by atoms with Crippen LogP contribution in [0.25, 0.3) is 0 Å². The Hall–Kier alpha value is -0.870. The SMILES string of the molecule is CCCN(Cc1cc(C)nn1C)C1(CN)CCCC(C)C1. The van der Waals surface area contributed by atoms with Crippen LogP contribution < -0.4 is 5.73 Å². The van der Waals surface area contributed by atoms with E-state index >= 15 is 0 Å². The summed E-state index contributed by atoms with van der Waals surface area (Å²) in [6.45, 7) is 9.56. The number of nitrogens with zero attached hydrogens (tertiary/aromatic N) is 3. The van der Waals surface area contributed by atoms with Crippen LogP contribution in [0.5, 0.6) is 0 Å². The van der Waals surface area contributed by atoms with E-state index in [0.717, 1.165) is 31.2 Å². The molecular formula is C17H32N4. The molecule has 2 atom stereocenters. The van der Waals surface area contributed by atoms with Crippen molar-refractivity contribution in [3.05, 3.63) is 17.5 Å². The van der Waals surface area contributed by atoms with E-state index in [1.807, 2.05) is 11.7 Å². The van der Waals surface area contributed by atoms with Crippen molar-refractivity contribution in [2.24, 2.45) is 18.7 Å². The molecule has 120 valence electrons. The van der Waals surface area contributed by atoms with E-state index in [-0.39, 0.29) is 5.54 Å². The highest BCUT2D eigenvalue weighted by molar-refractivity contribution is 5.10. The molecule has 1 aliphatic rings. The summed E-state index contributed by atoms with van der Waals surface area (Å²) in [5.74, 6) is 0.787. The third-order valence-electron chi connectivity index (χ3n) is 5.06. The van der Waals surface area contributed by atoms with Gasteiger partial charge in [0.15, 0.2) is 0 Å². The maximum Gasteiger partial charge on any atom is 0.0597 e. The van der Waals surface area contributed by atoms with E-state index in [4.69, 9.17) is 5.73 Å². The van der Waals surface area contributed by atoms with Gasteiger partial charge in [-0.15, -0.1) is 0 Å². The average molecular weight is 292 g/mol. The molecule has 4 heteroatoms. The minimum atomic E-state index is 0.186. The minimum Gasteiger partial charge on any atom is -0.329 e. The molecule has 1 aromatic heterocycles. The predicted octanol–water partition coefficient (Wildman–Crippen LogP) is 2.85. The van der Waals surface area contributed by atoms with Gasteiger partial charge in [0.05, 0.1) is 11.4 Å². The molecule has 2 N–H and O–H groups in total. The Morgan fingerprint density at radius 1 is 1.52 bits per heavy atom. The lowest BCUT2D eigenvalue weighted by atomic mass is 9.75. The lowest BCUT2D eigenvalue weighted by Gasteiger charge is -2.48. The lowest BCUT2D eigenvalue weighted by molar-refractivity contribution is 0.0304. The number of aromatic nitrogens is 2. The largest absolute Gasteiger partial charge is 0.329 e. The predicted molar refractivity (Wildman–Crippen MR) is 88.1 cm³/mol. The van der Waals surface area contributed by atoms with E-state index in [9.17, 15) is 0 Å². The summed E-state index contributed by atoms with van der Waals surface area (Å²) in [5, 5.41) is 4.49. The number of nitrogens with two attached hydrogens (primary N) is 1. The number of aryl methyl sites for hydroxylation is 2. The zero-order chi connectivity index (χ0) is 15.5. The minimum absolute atomic E-state index is 0.186. The summed E-state index contributed by atoms with van der Waals surface area (Å²) in [4.78, 5) is 2.64. The van der Waals surface area contributed by atoms with Crippen LogP contribution >= 0.6 is 0 Å². The van der Waals surface area contributed by atoms with Gasteiger partial charge < -0.3 is 5.73 Å².